The van der Waals surface area contributed by atoms with Crippen molar-refractivity contribution in [2.24, 2.45) is 5.92 Å². The maximum Gasteiger partial charge on any atom is 0.406 e. The summed E-state index contributed by atoms with van der Waals surface area (Å²) in [5.74, 6) is 0.835. The standard InChI is InChI=1S/C32H44ClN3O5/c1-34-29(15-22-7-6-13-40-21-22)20-36-31(37)27-17-25(23-8-3-4-9-23)16-26(18-27)30(24-10-5-11-28(33)19-24)41-14-12-35-32(38)39-2/h5,10-11,16-19,22-23,29-30,34H,3-4,6-9,12-15,20-21H2,1-2H3,(H,35,38)(H,36,37)/t22-,29?,30?/m1/s1. The number of alkyl carbamates (subject to hydrolysis) is 1. The molecule has 41 heavy (non-hydrogen) atoms. The molecule has 3 N–H and O–H groups in total. The van der Waals surface area contributed by atoms with Crippen molar-refractivity contribution in [2.45, 2.75) is 63.0 Å². The Hall–Kier alpha value is -2.65. The number of carbonyl (C=O) groups excluding carboxylic acids is 2. The van der Waals surface area contributed by atoms with E-state index in [1.807, 2.05) is 43.4 Å². The molecule has 1 heterocycles. The van der Waals surface area contributed by atoms with Crippen LogP contribution < -0.4 is 16.0 Å². The van der Waals surface area contributed by atoms with Gasteiger partial charge in [-0.3, -0.25) is 4.79 Å². The quantitative estimate of drug-likeness (QED) is 0.265. The molecule has 2 amide bonds. The maximum absolute atomic E-state index is 13.6. The van der Waals surface area contributed by atoms with E-state index in [4.69, 9.17) is 21.1 Å². The Balaban J connectivity index is 1.55. The van der Waals surface area contributed by atoms with Crippen LogP contribution in [0.25, 0.3) is 0 Å². The number of nitrogens with one attached hydrogen (secondary N) is 3. The van der Waals surface area contributed by atoms with Gasteiger partial charge in [-0.25, -0.2) is 4.79 Å². The van der Waals surface area contributed by atoms with Crippen LogP contribution in [0.5, 0.6) is 0 Å². The molecule has 2 aromatic rings. The molecule has 2 unspecified atom stereocenters. The first-order valence-corrected chi connectivity index (χ1v) is 15.2. The molecule has 0 bridgehead atoms. The van der Waals surface area contributed by atoms with E-state index >= 15 is 0 Å². The van der Waals surface area contributed by atoms with E-state index in [9.17, 15) is 9.59 Å². The molecule has 2 aromatic carbocycles. The number of likely N-dealkylation sites (N-methyl/N-ethyl adjacent to an activating group) is 1. The van der Waals surface area contributed by atoms with Gasteiger partial charge in [0.1, 0.15) is 6.10 Å². The van der Waals surface area contributed by atoms with E-state index in [-0.39, 0.29) is 25.1 Å². The first-order chi connectivity index (χ1) is 20.0. The molecular formula is C32H44ClN3O5. The molecule has 2 fully saturated rings. The molecule has 224 valence electrons. The number of halogens is 1. The number of carbonyl (C=O) groups is 2. The lowest BCUT2D eigenvalue weighted by Gasteiger charge is -2.27. The highest BCUT2D eigenvalue weighted by Gasteiger charge is 2.24. The van der Waals surface area contributed by atoms with E-state index < -0.39 is 12.2 Å². The topological polar surface area (TPSA) is 97.9 Å². The SMILES string of the molecule is CNC(CNC(=O)c1cc(C2CCCC2)cc(C(OCCNC(=O)OC)c2cccc(Cl)c2)c1)C[C@H]1CCCOC1. The van der Waals surface area contributed by atoms with Crippen LogP contribution in [-0.2, 0) is 14.2 Å². The predicted molar refractivity (Wildman–Crippen MR) is 161 cm³/mol. The number of rotatable bonds is 13. The van der Waals surface area contributed by atoms with Gasteiger partial charge in [-0.1, -0.05) is 42.6 Å². The van der Waals surface area contributed by atoms with Gasteiger partial charge in [0.25, 0.3) is 5.91 Å². The lowest BCUT2D eigenvalue weighted by atomic mass is 9.90. The first-order valence-electron chi connectivity index (χ1n) is 14.8. The van der Waals surface area contributed by atoms with Gasteiger partial charge in [0, 0.05) is 42.9 Å². The zero-order valence-electron chi connectivity index (χ0n) is 24.3. The van der Waals surface area contributed by atoms with Crippen LogP contribution in [0.2, 0.25) is 5.02 Å². The largest absolute Gasteiger partial charge is 0.453 e. The van der Waals surface area contributed by atoms with Gasteiger partial charge in [0.05, 0.1) is 13.7 Å². The van der Waals surface area contributed by atoms with Crippen molar-refractivity contribution in [3.8, 4) is 0 Å². The second-order valence-electron chi connectivity index (χ2n) is 11.1. The molecule has 8 nitrogen and oxygen atoms in total. The minimum atomic E-state index is -0.508. The third-order valence-corrected chi connectivity index (χ3v) is 8.39. The highest BCUT2D eigenvalue weighted by atomic mass is 35.5. The second kappa shape index (κ2) is 16.1. The number of ether oxygens (including phenoxy) is 3. The van der Waals surface area contributed by atoms with Crippen LogP contribution in [-0.4, -0.2) is 65.1 Å². The fourth-order valence-electron chi connectivity index (χ4n) is 5.93. The van der Waals surface area contributed by atoms with Crippen molar-refractivity contribution in [2.75, 3.05) is 47.1 Å². The highest BCUT2D eigenvalue weighted by molar-refractivity contribution is 6.30. The Morgan fingerprint density at radius 1 is 1.05 bits per heavy atom. The normalized spacial score (nSPS) is 19.0. The van der Waals surface area contributed by atoms with E-state index in [0.717, 1.165) is 55.6 Å². The van der Waals surface area contributed by atoms with Gasteiger partial charge in [-0.2, -0.15) is 0 Å². The van der Waals surface area contributed by atoms with Crippen molar-refractivity contribution in [1.29, 1.82) is 0 Å². The fourth-order valence-corrected chi connectivity index (χ4v) is 6.13. The lowest BCUT2D eigenvalue weighted by molar-refractivity contribution is 0.0478. The lowest BCUT2D eigenvalue weighted by Crippen LogP contribution is -2.41. The molecule has 1 saturated carbocycles. The summed E-state index contributed by atoms with van der Waals surface area (Å²) in [6.45, 7) is 2.73. The van der Waals surface area contributed by atoms with Gasteiger partial charge in [0.15, 0.2) is 0 Å². The summed E-state index contributed by atoms with van der Waals surface area (Å²) < 4.78 is 16.7. The number of hydrogen-bond donors (Lipinski definition) is 3. The Kier molecular flexibility index (Phi) is 12.3. The van der Waals surface area contributed by atoms with E-state index in [1.54, 1.807) is 0 Å². The van der Waals surface area contributed by atoms with Gasteiger partial charge in [-0.05, 0) is 91.9 Å². The number of hydrogen-bond acceptors (Lipinski definition) is 6. The summed E-state index contributed by atoms with van der Waals surface area (Å²) in [4.78, 5) is 25.1. The van der Waals surface area contributed by atoms with Crippen LogP contribution in [0, 0.1) is 5.92 Å². The molecule has 0 aromatic heterocycles. The third kappa shape index (κ3) is 9.43. The van der Waals surface area contributed by atoms with Crippen LogP contribution in [0.3, 0.4) is 0 Å². The molecule has 4 rings (SSSR count). The second-order valence-corrected chi connectivity index (χ2v) is 11.5. The van der Waals surface area contributed by atoms with E-state index in [1.165, 1.54) is 26.4 Å². The van der Waals surface area contributed by atoms with Crippen LogP contribution in [0.1, 0.15) is 84.0 Å². The fraction of sp³-hybridized carbons (Fsp3) is 0.562. The summed E-state index contributed by atoms with van der Waals surface area (Å²) in [5.41, 5.74) is 3.57. The minimum Gasteiger partial charge on any atom is -0.453 e. The van der Waals surface area contributed by atoms with Crippen molar-refractivity contribution >= 4 is 23.6 Å². The zero-order valence-corrected chi connectivity index (χ0v) is 25.0. The van der Waals surface area contributed by atoms with Crippen molar-refractivity contribution < 1.29 is 23.8 Å². The van der Waals surface area contributed by atoms with E-state index in [2.05, 4.69) is 26.8 Å². The van der Waals surface area contributed by atoms with Crippen LogP contribution in [0.15, 0.2) is 42.5 Å². The Morgan fingerprint density at radius 2 is 1.88 bits per heavy atom. The summed E-state index contributed by atoms with van der Waals surface area (Å²) >= 11 is 6.36. The molecule has 1 saturated heterocycles. The highest BCUT2D eigenvalue weighted by Crippen LogP contribution is 2.37. The monoisotopic (exact) mass is 585 g/mol. The summed E-state index contributed by atoms with van der Waals surface area (Å²) in [6.07, 6.45) is 6.87. The van der Waals surface area contributed by atoms with Gasteiger partial charge in [0.2, 0.25) is 0 Å². The summed E-state index contributed by atoms with van der Waals surface area (Å²) in [6, 6.07) is 13.9. The average molecular weight is 586 g/mol. The smallest absolute Gasteiger partial charge is 0.406 e. The predicted octanol–water partition coefficient (Wildman–Crippen LogP) is 5.59. The number of methoxy groups -OCH3 is 1. The van der Waals surface area contributed by atoms with Gasteiger partial charge < -0.3 is 30.2 Å². The Morgan fingerprint density at radius 3 is 2.59 bits per heavy atom. The van der Waals surface area contributed by atoms with Gasteiger partial charge in [-0.15, -0.1) is 0 Å². The molecule has 1 aliphatic carbocycles. The Labute approximate surface area is 248 Å². The molecule has 2 aliphatic rings. The summed E-state index contributed by atoms with van der Waals surface area (Å²) in [7, 11) is 3.27. The van der Waals surface area contributed by atoms with Crippen molar-refractivity contribution in [3.05, 3.63) is 69.7 Å². The van der Waals surface area contributed by atoms with Crippen LogP contribution in [0.4, 0.5) is 4.79 Å². The maximum atomic E-state index is 13.6. The molecule has 0 radical (unpaired) electrons. The van der Waals surface area contributed by atoms with Gasteiger partial charge >= 0.3 is 6.09 Å². The minimum absolute atomic E-state index is 0.0940. The number of benzene rings is 2. The zero-order chi connectivity index (χ0) is 29.0. The molecular weight excluding hydrogens is 542 g/mol. The Bertz CT molecular complexity index is 1130. The van der Waals surface area contributed by atoms with Crippen molar-refractivity contribution in [1.82, 2.24) is 16.0 Å². The van der Waals surface area contributed by atoms with E-state index in [0.29, 0.717) is 29.0 Å². The first kappa shape index (κ1) is 31.3. The number of amides is 2. The van der Waals surface area contributed by atoms with Crippen LogP contribution >= 0.6 is 11.6 Å². The molecule has 0 spiro atoms. The average Bonchev–Trinajstić information content (AvgIpc) is 3.54. The molecule has 1 aliphatic heterocycles. The molecule has 9 heteroatoms. The van der Waals surface area contributed by atoms with Crippen molar-refractivity contribution in [3.63, 3.8) is 0 Å². The molecule has 3 atom stereocenters. The summed E-state index contributed by atoms with van der Waals surface area (Å²) in [5, 5.41) is 9.81. The third-order valence-electron chi connectivity index (χ3n) is 8.15.